The maximum atomic E-state index is 13.5. The van der Waals surface area contributed by atoms with Crippen molar-refractivity contribution in [2.24, 2.45) is 5.73 Å². The first kappa shape index (κ1) is 27.6. The topological polar surface area (TPSA) is 119 Å². The molecule has 0 heterocycles. The molecule has 4 N–H and O–H groups in total. The standard InChI is InChI=1S/C21H25F3N2O5.ClH/c22-21(23,24)18-12-16(8-9-20(25,13-27)14-28)6-7-19(18)31-10-2-4-15-3-1-5-17(11-15)26(29)30;/h1,3,5-7,11-12,27-28H,2,4,8-10,13-14,25H2;1H. The van der Waals surface area contributed by atoms with Crippen molar-refractivity contribution in [1.82, 2.24) is 0 Å². The number of alkyl halides is 3. The zero-order chi connectivity index (χ0) is 23.1. The van der Waals surface area contributed by atoms with Crippen LogP contribution in [0.2, 0.25) is 0 Å². The molecule has 7 nitrogen and oxygen atoms in total. The number of aliphatic hydroxyl groups excluding tert-OH is 2. The molecule has 2 rings (SSSR count). The van der Waals surface area contributed by atoms with Crippen molar-refractivity contribution in [3.63, 3.8) is 0 Å². The number of rotatable bonds is 11. The number of nitrogens with two attached hydrogens (primary N) is 1. The van der Waals surface area contributed by atoms with Crippen LogP contribution in [0.5, 0.6) is 5.75 Å². The number of non-ortho nitro benzene ring substituents is 1. The van der Waals surface area contributed by atoms with Gasteiger partial charge < -0.3 is 20.7 Å². The number of nitrogens with zero attached hydrogens (tertiary/aromatic N) is 1. The predicted molar refractivity (Wildman–Crippen MR) is 115 cm³/mol. The fourth-order valence-electron chi connectivity index (χ4n) is 2.97. The number of halogens is 4. The monoisotopic (exact) mass is 478 g/mol. The van der Waals surface area contributed by atoms with Crippen LogP contribution >= 0.6 is 12.4 Å². The summed E-state index contributed by atoms with van der Waals surface area (Å²) in [5.41, 5.74) is 4.59. The zero-order valence-corrected chi connectivity index (χ0v) is 18.0. The van der Waals surface area contributed by atoms with Crippen molar-refractivity contribution in [3.8, 4) is 5.75 Å². The van der Waals surface area contributed by atoms with Crippen molar-refractivity contribution in [3.05, 3.63) is 69.3 Å². The number of nitro benzene ring substituents is 1. The van der Waals surface area contributed by atoms with Crippen LogP contribution in [-0.2, 0) is 19.0 Å². The van der Waals surface area contributed by atoms with Gasteiger partial charge in [-0.05, 0) is 48.9 Å². The van der Waals surface area contributed by atoms with Gasteiger partial charge >= 0.3 is 6.18 Å². The minimum absolute atomic E-state index is 0. The van der Waals surface area contributed by atoms with Crippen LogP contribution in [0.15, 0.2) is 42.5 Å². The van der Waals surface area contributed by atoms with E-state index in [1.54, 1.807) is 12.1 Å². The van der Waals surface area contributed by atoms with Crippen molar-refractivity contribution in [2.45, 2.75) is 37.4 Å². The lowest BCUT2D eigenvalue weighted by atomic mass is 9.93. The van der Waals surface area contributed by atoms with Gasteiger partial charge in [-0.3, -0.25) is 10.1 Å². The molecular formula is C21H26ClF3N2O5. The molecule has 0 aliphatic carbocycles. The van der Waals surface area contributed by atoms with Crippen LogP contribution in [0.25, 0.3) is 0 Å². The van der Waals surface area contributed by atoms with E-state index in [2.05, 4.69) is 0 Å². The SMILES string of the molecule is Cl.NC(CO)(CO)CCc1ccc(OCCCc2cccc([N+](=O)[O-])c2)c(C(F)(F)F)c1. The molecule has 0 unspecified atom stereocenters. The molecule has 32 heavy (non-hydrogen) atoms. The lowest BCUT2D eigenvalue weighted by Crippen LogP contribution is -2.47. The number of nitro groups is 1. The fourth-order valence-corrected chi connectivity index (χ4v) is 2.97. The summed E-state index contributed by atoms with van der Waals surface area (Å²) >= 11 is 0. The van der Waals surface area contributed by atoms with E-state index in [9.17, 15) is 33.5 Å². The second-order valence-electron chi connectivity index (χ2n) is 7.39. The minimum Gasteiger partial charge on any atom is -0.493 e. The second-order valence-corrected chi connectivity index (χ2v) is 7.39. The maximum Gasteiger partial charge on any atom is 0.419 e. The van der Waals surface area contributed by atoms with Gasteiger partial charge in [-0.1, -0.05) is 18.2 Å². The maximum absolute atomic E-state index is 13.5. The number of aryl methyl sites for hydroxylation is 2. The van der Waals surface area contributed by atoms with E-state index in [1.807, 2.05) is 0 Å². The number of hydrogen-bond donors (Lipinski definition) is 3. The lowest BCUT2D eigenvalue weighted by Gasteiger charge is -2.24. The summed E-state index contributed by atoms with van der Waals surface area (Å²) < 4.78 is 45.8. The molecule has 178 valence electrons. The molecule has 0 aliphatic rings. The molecule has 0 radical (unpaired) electrons. The van der Waals surface area contributed by atoms with Gasteiger partial charge in [-0.2, -0.15) is 13.2 Å². The van der Waals surface area contributed by atoms with Gasteiger partial charge in [0.1, 0.15) is 5.75 Å². The Morgan fingerprint density at radius 3 is 2.28 bits per heavy atom. The first-order chi connectivity index (χ1) is 14.6. The zero-order valence-electron chi connectivity index (χ0n) is 17.2. The third-order valence-electron chi connectivity index (χ3n) is 4.88. The van der Waals surface area contributed by atoms with E-state index in [1.165, 1.54) is 24.3 Å². The normalized spacial score (nSPS) is 11.7. The minimum atomic E-state index is -4.63. The summed E-state index contributed by atoms with van der Waals surface area (Å²) in [5, 5.41) is 29.2. The molecule has 2 aromatic rings. The van der Waals surface area contributed by atoms with Crippen LogP contribution in [0.4, 0.5) is 18.9 Å². The van der Waals surface area contributed by atoms with Gasteiger partial charge in [0.15, 0.2) is 0 Å². The van der Waals surface area contributed by atoms with Gasteiger partial charge in [0.25, 0.3) is 5.69 Å². The van der Waals surface area contributed by atoms with Crippen LogP contribution in [0.1, 0.15) is 29.5 Å². The Bertz CT molecular complexity index is 892. The van der Waals surface area contributed by atoms with Gasteiger partial charge in [0, 0.05) is 12.1 Å². The van der Waals surface area contributed by atoms with Crippen LogP contribution in [-0.4, -0.2) is 40.5 Å². The average Bonchev–Trinajstić information content (AvgIpc) is 2.75. The summed E-state index contributed by atoms with van der Waals surface area (Å²) in [6.45, 7) is -0.963. The number of hydrogen-bond acceptors (Lipinski definition) is 6. The molecule has 0 atom stereocenters. The van der Waals surface area contributed by atoms with Gasteiger partial charge in [-0.15, -0.1) is 12.4 Å². The van der Waals surface area contributed by atoms with E-state index < -0.39 is 35.4 Å². The predicted octanol–water partition coefficient (Wildman–Crippen LogP) is 3.66. The largest absolute Gasteiger partial charge is 0.493 e. The summed E-state index contributed by atoms with van der Waals surface area (Å²) in [6.07, 6.45) is -3.57. The molecule has 0 aromatic heterocycles. The summed E-state index contributed by atoms with van der Waals surface area (Å²) in [4.78, 5) is 10.3. The van der Waals surface area contributed by atoms with Gasteiger partial charge in [0.2, 0.25) is 0 Å². The molecule has 0 saturated carbocycles. The number of aliphatic hydroxyl groups is 2. The van der Waals surface area contributed by atoms with E-state index in [0.717, 1.165) is 6.07 Å². The molecule has 0 saturated heterocycles. The van der Waals surface area contributed by atoms with Crippen LogP contribution < -0.4 is 10.5 Å². The highest BCUT2D eigenvalue weighted by atomic mass is 35.5. The Hall–Kier alpha value is -2.40. The first-order valence-electron chi connectivity index (χ1n) is 9.65. The molecule has 11 heteroatoms. The molecule has 0 spiro atoms. The van der Waals surface area contributed by atoms with Crippen molar-refractivity contribution >= 4 is 18.1 Å². The summed E-state index contributed by atoms with van der Waals surface area (Å²) in [6, 6.07) is 9.75. The Labute approximate surface area is 189 Å². The fraction of sp³-hybridized carbons (Fsp3) is 0.429. The Kier molecular flexibility index (Phi) is 10.4. The molecule has 0 bridgehead atoms. The third kappa shape index (κ3) is 7.94. The Morgan fingerprint density at radius 1 is 1.03 bits per heavy atom. The lowest BCUT2D eigenvalue weighted by molar-refractivity contribution is -0.384. The smallest absolute Gasteiger partial charge is 0.419 e. The van der Waals surface area contributed by atoms with Crippen LogP contribution in [0.3, 0.4) is 0 Å². The van der Waals surface area contributed by atoms with Crippen molar-refractivity contribution in [2.75, 3.05) is 19.8 Å². The molecule has 0 fully saturated rings. The van der Waals surface area contributed by atoms with E-state index in [0.29, 0.717) is 24.0 Å². The van der Waals surface area contributed by atoms with E-state index >= 15 is 0 Å². The summed E-state index contributed by atoms with van der Waals surface area (Å²) in [5.74, 6) is -0.307. The van der Waals surface area contributed by atoms with Crippen molar-refractivity contribution in [1.29, 1.82) is 0 Å². The van der Waals surface area contributed by atoms with Crippen LogP contribution in [0, 0.1) is 10.1 Å². The quantitative estimate of drug-likeness (QED) is 0.257. The Balaban J connectivity index is 0.00000512. The highest BCUT2D eigenvalue weighted by Crippen LogP contribution is 2.37. The highest BCUT2D eigenvalue weighted by molar-refractivity contribution is 5.85. The molecule has 0 amide bonds. The molecule has 2 aromatic carbocycles. The van der Waals surface area contributed by atoms with Gasteiger partial charge in [-0.25, -0.2) is 0 Å². The molecular weight excluding hydrogens is 453 g/mol. The first-order valence-corrected chi connectivity index (χ1v) is 9.65. The molecule has 0 aliphatic heterocycles. The van der Waals surface area contributed by atoms with E-state index in [4.69, 9.17) is 10.5 Å². The second kappa shape index (κ2) is 12.0. The van der Waals surface area contributed by atoms with Crippen molar-refractivity contribution < 1.29 is 33.0 Å². The summed E-state index contributed by atoms with van der Waals surface area (Å²) in [7, 11) is 0. The Morgan fingerprint density at radius 2 is 1.69 bits per heavy atom. The van der Waals surface area contributed by atoms with E-state index in [-0.39, 0.29) is 43.3 Å². The number of ether oxygens (including phenoxy) is 1. The number of benzene rings is 2. The average molecular weight is 479 g/mol. The third-order valence-corrected chi connectivity index (χ3v) is 4.88. The highest BCUT2D eigenvalue weighted by Gasteiger charge is 2.35. The van der Waals surface area contributed by atoms with Gasteiger partial charge in [0.05, 0.1) is 35.8 Å².